The van der Waals surface area contributed by atoms with Crippen molar-refractivity contribution in [3.05, 3.63) is 35.9 Å². The summed E-state index contributed by atoms with van der Waals surface area (Å²) < 4.78 is 0.717. The van der Waals surface area contributed by atoms with Crippen LogP contribution in [0, 0.1) is 0 Å². The Morgan fingerprint density at radius 1 is 1.36 bits per heavy atom. The molecule has 0 aliphatic rings. The second-order valence-corrected chi connectivity index (χ2v) is 3.54. The van der Waals surface area contributed by atoms with E-state index >= 15 is 0 Å². The summed E-state index contributed by atoms with van der Waals surface area (Å²) in [5.74, 6) is 0. The maximum Gasteiger partial charge on any atom is 0.0957 e. The van der Waals surface area contributed by atoms with E-state index in [1.165, 1.54) is 0 Å². The van der Waals surface area contributed by atoms with Crippen molar-refractivity contribution in [1.29, 1.82) is 0 Å². The van der Waals surface area contributed by atoms with Gasteiger partial charge >= 0.3 is 0 Å². The van der Waals surface area contributed by atoms with Crippen molar-refractivity contribution in [3.8, 4) is 0 Å². The van der Waals surface area contributed by atoms with Crippen molar-refractivity contribution in [2.75, 3.05) is 4.43 Å². The van der Waals surface area contributed by atoms with Gasteiger partial charge in [0.2, 0.25) is 0 Å². The third-order valence-electron chi connectivity index (χ3n) is 1.66. The highest BCUT2D eigenvalue weighted by Gasteiger charge is 2.19. The molecule has 1 rings (SSSR count). The summed E-state index contributed by atoms with van der Waals surface area (Å²) >= 11 is 2.18. The Hall–Kier alpha value is -0.0900. The van der Waals surface area contributed by atoms with E-state index in [4.69, 9.17) is 0 Å². The lowest BCUT2D eigenvalue weighted by Crippen LogP contribution is -2.22. The molecule has 0 aliphatic carbocycles. The number of benzene rings is 1. The Kier molecular flexibility index (Phi) is 2.90. The van der Waals surface area contributed by atoms with Crippen LogP contribution in [0.3, 0.4) is 0 Å². The van der Waals surface area contributed by atoms with E-state index in [1.807, 2.05) is 37.3 Å². The minimum absolute atomic E-state index is 0.679. The first-order chi connectivity index (χ1) is 5.17. The second-order valence-electron chi connectivity index (χ2n) is 2.77. The fourth-order valence-electron chi connectivity index (χ4n) is 0.874. The van der Waals surface area contributed by atoms with Gasteiger partial charge in [-0.05, 0) is 12.5 Å². The van der Waals surface area contributed by atoms with E-state index in [9.17, 15) is 5.11 Å². The number of aliphatic hydroxyl groups is 1. The lowest BCUT2D eigenvalue weighted by atomic mass is 9.99. The highest BCUT2D eigenvalue weighted by molar-refractivity contribution is 14.1. The highest BCUT2D eigenvalue weighted by Crippen LogP contribution is 2.21. The third kappa shape index (κ3) is 2.17. The summed E-state index contributed by atoms with van der Waals surface area (Å²) in [5.41, 5.74) is 0.302. The van der Waals surface area contributed by atoms with E-state index in [2.05, 4.69) is 22.6 Å². The largest absolute Gasteiger partial charge is 0.385 e. The van der Waals surface area contributed by atoms with Crippen LogP contribution in [0.1, 0.15) is 12.5 Å². The van der Waals surface area contributed by atoms with Crippen LogP contribution in [0.25, 0.3) is 0 Å². The van der Waals surface area contributed by atoms with Crippen molar-refractivity contribution < 1.29 is 5.11 Å². The standard InChI is InChI=1S/C9H11IO/c1-9(11,7-10)8-5-3-2-4-6-8/h2-6,11H,7H2,1H3. The first-order valence-corrected chi connectivity index (χ1v) is 5.03. The van der Waals surface area contributed by atoms with E-state index in [0.717, 1.165) is 9.99 Å². The van der Waals surface area contributed by atoms with E-state index in [1.54, 1.807) is 0 Å². The first-order valence-electron chi connectivity index (χ1n) is 3.51. The zero-order valence-corrected chi connectivity index (χ0v) is 8.58. The molecule has 2 heteroatoms. The zero-order valence-electron chi connectivity index (χ0n) is 6.42. The summed E-state index contributed by atoms with van der Waals surface area (Å²) in [6, 6.07) is 9.72. The van der Waals surface area contributed by atoms with Crippen molar-refractivity contribution in [2.45, 2.75) is 12.5 Å². The molecule has 1 nitrogen and oxygen atoms in total. The fraction of sp³-hybridized carbons (Fsp3) is 0.333. The maximum atomic E-state index is 9.79. The predicted molar refractivity (Wildman–Crippen MR) is 54.9 cm³/mol. The van der Waals surface area contributed by atoms with Crippen molar-refractivity contribution in [2.24, 2.45) is 0 Å². The Balaban J connectivity index is 2.93. The van der Waals surface area contributed by atoms with Crippen LogP contribution in [0.4, 0.5) is 0 Å². The molecule has 0 saturated carbocycles. The van der Waals surface area contributed by atoms with Crippen LogP contribution < -0.4 is 0 Å². The number of hydrogen-bond acceptors (Lipinski definition) is 1. The average molecular weight is 262 g/mol. The summed E-state index contributed by atoms with van der Waals surface area (Å²) in [7, 11) is 0. The van der Waals surface area contributed by atoms with Gasteiger partial charge in [-0.1, -0.05) is 52.9 Å². The fourth-order valence-corrected chi connectivity index (χ4v) is 1.31. The Morgan fingerprint density at radius 3 is 2.36 bits per heavy atom. The van der Waals surface area contributed by atoms with Crippen LogP contribution in [0.15, 0.2) is 30.3 Å². The van der Waals surface area contributed by atoms with Crippen LogP contribution in [0.5, 0.6) is 0 Å². The minimum atomic E-state index is -0.679. The topological polar surface area (TPSA) is 20.2 Å². The van der Waals surface area contributed by atoms with Gasteiger partial charge in [0.05, 0.1) is 5.60 Å². The minimum Gasteiger partial charge on any atom is -0.385 e. The molecule has 1 unspecified atom stereocenters. The molecule has 1 atom stereocenters. The molecule has 0 aromatic heterocycles. The van der Waals surface area contributed by atoms with Gasteiger partial charge in [0.1, 0.15) is 0 Å². The molecule has 60 valence electrons. The number of halogens is 1. The monoisotopic (exact) mass is 262 g/mol. The van der Waals surface area contributed by atoms with Gasteiger partial charge in [0.15, 0.2) is 0 Å². The van der Waals surface area contributed by atoms with E-state index in [-0.39, 0.29) is 0 Å². The van der Waals surface area contributed by atoms with Gasteiger partial charge in [-0.2, -0.15) is 0 Å². The van der Waals surface area contributed by atoms with Gasteiger partial charge < -0.3 is 5.11 Å². The second kappa shape index (κ2) is 3.54. The van der Waals surface area contributed by atoms with E-state index < -0.39 is 5.60 Å². The van der Waals surface area contributed by atoms with Crippen LogP contribution in [0.2, 0.25) is 0 Å². The molecule has 1 aromatic rings. The van der Waals surface area contributed by atoms with Gasteiger partial charge in [-0.15, -0.1) is 0 Å². The van der Waals surface area contributed by atoms with E-state index in [0.29, 0.717) is 0 Å². The molecule has 1 aromatic carbocycles. The van der Waals surface area contributed by atoms with Crippen LogP contribution in [-0.2, 0) is 5.60 Å². The molecular weight excluding hydrogens is 251 g/mol. The SMILES string of the molecule is CC(O)(CI)c1ccccc1. The molecule has 0 heterocycles. The number of hydrogen-bond donors (Lipinski definition) is 1. The molecule has 0 bridgehead atoms. The average Bonchev–Trinajstić information content (AvgIpc) is 2.06. The van der Waals surface area contributed by atoms with Crippen molar-refractivity contribution in [1.82, 2.24) is 0 Å². The lowest BCUT2D eigenvalue weighted by Gasteiger charge is -2.20. The molecule has 0 fully saturated rings. The first kappa shape index (κ1) is 9.00. The molecule has 0 saturated heterocycles. The normalized spacial score (nSPS) is 15.9. The molecule has 0 spiro atoms. The Bertz CT molecular complexity index is 218. The zero-order chi connectivity index (χ0) is 8.32. The summed E-state index contributed by atoms with van der Waals surface area (Å²) in [5, 5.41) is 9.79. The predicted octanol–water partition coefficient (Wildman–Crippen LogP) is 2.33. The van der Waals surface area contributed by atoms with Crippen LogP contribution in [-0.4, -0.2) is 9.53 Å². The van der Waals surface area contributed by atoms with Crippen LogP contribution >= 0.6 is 22.6 Å². The Morgan fingerprint density at radius 2 is 1.91 bits per heavy atom. The molecule has 11 heavy (non-hydrogen) atoms. The van der Waals surface area contributed by atoms with Crippen molar-refractivity contribution in [3.63, 3.8) is 0 Å². The molecular formula is C9H11IO. The quantitative estimate of drug-likeness (QED) is 0.640. The van der Waals surface area contributed by atoms with Gasteiger partial charge in [-0.3, -0.25) is 0 Å². The number of alkyl halides is 1. The lowest BCUT2D eigenvalue weighted by molar-refractivity contribution is 0.0872. The Labute approximate surface area is 80.6 Å². The molecule has 0 amide bonds. The molecule has 0 radical (unpaired) electrons. The smallest absolute Gasteiger partial charge is 0.0957 e. The van der Waals surface area contributed by atoms with Crippen molar-refractivity contribution >= 4 is 22.6 Å². The third-order valence-corrected chi connectivity index (χ3v) is 3.14. The number of rotatable bonds is 2. The van der Waals surface area contributed by atoms with Gasteiger partial charge in [0, 0.05) is 4.43 Å². The molecule has 0 aliphatic heterocycles. The summed E-state index contributed by atoms with van der Waals surface area (Å²) in [6.07, 6.45) is 0. The summed E-state index contributed by atoms with van der Waals surface area (Å²) in [4.78, 5) is 0. The summed E-state index contributed by atoms with van der Waals surface area (Å²) in [6.45, 7) is 1.83. The van der Waals surface area contributed by atoms with Gasteiger partial charge in [0.25, 0.3) is 0 Å². The maximum absolute atomic E-state index is 9.79. The molecule has 1 N–H and O–H groups in total. The van der Waals surface area contributed by atoms with Gasteiger partial charge in [-0.25, -0.2) is 0 Å². The highest BCUT2D eigenvalue weighted by atomic mass is 127.